The lowest BCUT2D eigenvalue weighted by atomic mass is 10.1. The molecule has 1 atom stereocenters. The average Bonchev–Trinajstić information content (AvgIpc) is 3.41. The lowest BCUT2D eigenvalue weighted by molar-refractivity contribution is 0.0986. The molecule has 1 fully saturated rings. The minimum absolute atomic E-state index is 0.268. The van der Waals surface area contributed by atoms with Crippen LogP contribution in [-0.4, -0.2) is 55.7 Å². The number of anilines is 1. The topological polar surface area (TPSA) is 87.6 Å². The van der Waals surface area contributed by atoms with Crippen molar-refractivity contribution >= 4 is 16.9 Å². The highest BCUT2D eigenvalue weighted by molar-refractivity contribution is 5.99. The zero-order valence-corrected chi connectivity index (χ0v) is 15.3. The van der Waals surface area contributed by atoms with E-state index in [2.05, 4.69) is 38.2 Å². The normalized spacial score (nSPS) is 17.7. The molecule has 0 aliphatic carbocycles. The predicted octanol–water partition coefficient (Wildman–Crippen LogP) is 2.58. The Morgan fingerprint density at radius 1 is 1.26 bits per heavy atom. The number of pyridine rings is 1. The Morgan fingerprint density at radius 2 is 2.19 bits per heavy atom. The molecule has 0 radical (unpaired) electrons. The van der Waals surface area contributed by atoms with Crippen LogP contribution in [0.1, 0.15) is 6.92 Å². The van der Waals surface area contributed by atoms with Crippen molar-refractivity contribution in [2.24, 2.45) is 7.05 Å². The van der Waals surface area contributed by atoms with Crippen molar-refractivity contribution in [1.29, 1.82) is 0 Å². The van der Waals surface area contributed by atoms with Crippen LogP contribution in [0, 0.1) is 0 Å². The molecule has 5 rings (SSSR count). The SMILES string of the molecule is C[C@@H]1COCCN1c1cc(-c2ccnn2C)c2n[nH]c(-c3ccc[nH]3)c2n1. The van der Waals surface area contributed by atoms with Crippen LogP contribution in [0.5, 0.6) is 0 Å². The minimum atomic E-state index is 0.268. The number of nitrogens with one attached hydrogen (secondary N) is 2. The van der Waals surface area contributed by atoms with E-state index in [1.54, 1.807) is 6.20 Å². The molecule has 4 aromatic rings. The van der Waals surface area contributed by atoms with Crippen LogP contribution < -0.4 is 4.90 Å². The fourth-order valence-corrected chi connectivity index (χ4v) is 3.70. The summed E-state index contributed by atoms with van der Waals surface area (Å²) in [6.45, 7) is 4.39. The molecule has 8 nitrogen and oxygen atoms in total. The van der Waals surface area contributed by atoms with E-state index in [9.17, 15) is 0 Å². The Kier molecular flexibility index (Phi) is 3.71. The number of morpholine rings is 1. The van der Waals surface area contributed by atoms with Crippen molar-refractivity contribution in [3.05, 3.63) is 36.7 Å². The standard InChI is InChI=1S/C19H21N7O/c1-12-11-27-9-8-26(12)16-10-13(15-5-7-21-25(15)2)17-19(22-16)18(24-23-17)14-4-3-6-20-14/h3-7,10,12,20H,8-9,11H2,1-2H3,(H,23,24)/t12-/m1/s1. The van der Waals surface area contributed by atoms with E-state index in [4.69, 9.17) is 9.72 Å². The summed E-state index contributed by atoms with van der Waals surface area (Å²) in [7, 11) is 1.94. The first-order chi connectivity index (χ1) is 13.2. The quantitative estimate of drug-likeness (QED) is 0.584. The van der Waals surface area contributed by atoms with Crippen LogP contribution >= 0.6 is 0 Å². The van der Waals surface area contributed by atoms with E-state index in [1.165, 1.54) is 0 Å². The maximum atomic E-state index is 5.60. The van der Waals surface area contributed by atoms with Gasteiger partial charge < -0.3 is 14.6 Å². The molecular formula is C19H21N7O. The molecule has 27 heavy (non-hydrogen) atoms. The van der Waals surface area contributed by atoms with E-state index in [0.29, 0.717) is 13.2 Å². The molecule has 1 aliphatic heterocycles. The number of aromatic amines is 2. The number of aryl methyl sites for hydroxylation is 1. The van der Waals surface area contributed by atoms with Crippen molar-refractivity contribution in [3.8, 4) is 22.6 Å². The summed E-state index contributed by atoms with van der Waals surface area (Å²) in [5.74, 6) is 0.934. The second-order valence-electron chi connectivity index (χ2n) is 6.87. The highest BCUT2D eigenvalue weighted by atomic mass is 16.5. The Labute approximate surface area is 156 Å². The van der Waals surface area contributed by atoms with Crippen LogP contribution in [0.15, 0.2) is 36.7 Å². The fourth-order valence-electron chi connectivity index (χ4n) is 3.70. The molecule has 1 aliphatic rings. The Bertz CT molecular complexity index is 1080. The Hall–Kier alpha value is -3.13. The minimum Gasteiger partial charge on any atom is -0.377 e. The van der Waals surface area contributed by atoms with Crippen molar-refractivity contribution in [2.45, 2.75) is 13.0 Å². The number of aromatic nitrogens is 6. The highest BCUT2D eigenvalue weighted by Gasteiger charge is 2.24. The second-order valence-corrected chi connectivity index (χ2v) is 6.87. The van der Waals surface area contributed by atoms with E-state index < -0.39 is 0 Å². The van der Waals surface area contributed by atoms with Gasteiger partial charge in [-0.3, -0.25) is 9.78 Å². The molecule has 0 aromatic carbocycles. The van der Waals surface area contributed by atoms with E-state index in [-0.39, 0.29) is 6.04 Å². The smallest absolute Gasteiger partial charge is 0.130 e. The summed E-state index contributed by atoms with van der Waals surface area (Å²) < 4.78 is 7.47. The number of nitrogens with zero attached hydrogens (tertiary/aromatic N) is 5. The van der Waals surface area contributed by atoms with Gasteiger partial charge in [0.05, 0.1) is 30.6 Å². The van der Waals surface area contributed by atoms with Gasteiger partial charge in [-0.15, -0.1) is 0 Å². The number of ether oxygens (including phenoxy) is 1. The monoisotopic (exact) mass is 363 g/mol. The summed E-state index contributed by atoms with van der Waals surface area (Å²) in [5, 5.41) is 12.1. The van der Waals surface area contributed by atoms with Crippen LogP contribution in [-0.2, 0) is 11.8 Å². The largest absolute Gasteiger partial charge is 0.377 e. The summed E-state index contributed by atoms with van der Waals surface area (Å²) in [6.07, 6.45) is 3.70. The van der Waals surface area contributed by atoms with Gasteiger partial charge in [-0.05, 0) is 31.2 Å². The molecule has 0 saturated carbocycles. The van der Waals surface area contributed by atoms with E-state index in [1.807, 2.05) is 36.1 Å². The van der Waals surface area contributed by atoms with E-state index >= 15 is 0 Å². The van der Waals surface area contributed by atoms with Crippen molar-refractivity contribution < 1.29 is 4.74 Å². The number of rotatable bonds is 3. The van der Waals surface area contributed by atoms with Gasteiger partial charge in [0.2, 0.25) is 0 Å². The first kappa shape index (κ1) is 16.1. The number of hydrogen-bond donors (Lipinski definition) is 2. The van der Waals surface area contributed by atoms with Gasteiger partial charge >= 0.3 is 0 Å². The van der Waals surface area contributed by atoms with Crippen LogP contribution in [0.2, 0.25) is 0 Å². The van der Waals surface area contributed by atoms with Crippen molar-refractivity contribution in [3.63, 3.8) is 0 Å². The van der Waals surface area contributed by atoms with Gasteiger partial charge in [0.1, 0.15) is 22.5 Å². The molecule has 1 saturated heterocycles. The molecule has 0 unspecified atom stereocenters. The van der Waals surface area contributed by atoms with Gasteiger partial charge in [-0.25, -0.2) is 4.98 Å². The zero-order chi connectivity index (χ0) is 18.4. The molecule has 138 valence electrons. The molecule has 0 bridgehead atoms. The Balaban J connectivity index is 1.76. The molecule has 4 aromatic heterocycles. The third-order valence-electron chi connectivity index (χ3n) is 5.12. The van der Waals surface area contributed by atoms with Gasteiger partial charge in [0, 0.05) is 31.5 Å². The summed E-state index contributed by atoms with van der Waals surface area (Å²) in [5.41, 5.74) is 5.57. The third-order valence-corrected chi connectivity index (χ3v) is 5.12. The van der Waals surface area contributed by atoms with Crippen molar-refractivity contribution in [1.82, 2.24) is 29.9 Å². The van der Waals surface area contributed by atoms with Crippen LogP contribution in [0.25, 0.3) is 33.7 Å². The number of hydrogen-bond acceptors (Lipinski definition) is 5. The molecular weight excluding hydrogens is 342 g/mol. The molecule has 8 heteroatoms. The first-order valence-electron chi connectivity index (χ1n) is 9.08. The van der Waals surface area contributed by atoms with Gasteiger partial charge in [0.25, 0.3) is 0 Å². The average molecular weight is 363 g/mol. The number of H-pyrrole nitrogens is 2. The molecule has 0 spiro atoms. The van der Waals surface area contributed by atoms with Crippen LogP contribution in [0.3, 0.4) is 0 Å². The summed E-state index contributed by atoms with van der Waals surface area (Å²) >= 11 is 0. The first-order valence-corrected chi connectivity index (χ1v) is 9.08. The van der Waals surface area contributed by atoms with Gasteiger partial charge in [0.15, 0.2) is 0 Å². The lowest BCUT2D eigenvalue weighted by Gasteiger charge is -2.34. The molecule has 0 amide bonds. The molecule has 5 heterocycles. The third kappa shape index (κ3) is 2.60. The maximum Gasteiger partial charge on any atom is 0.130 e. The molecule has 2 N–H and O–H groups in total. The zero-order valence-electron chi connectivity index (χ0n) is 15.3. The highest BCUT2D eigenvalue weighted by Crippen LogP contribution is 2.34. The number of fused-ring (bicyclic) bond motifs is 1. The van der Waals surface area contributed by atoms with E-state index in [0.717, 1.165) is 46.0 Å². The fraction of sp³-hybridized carbons (Fsp3) is 0.316. The van der Waals surface area contributed by atoms with Gasteiger partial charge in [-0.2, -0.15) is 10.2 Å². The lowest BCUT2D eigenvalue weighted by Crippen LogP contribution is -2.44. The Morgan fingerprint density at radius 3 is 2.93 bits per heavy atom. The predicted molar refractivity (Wildman–Crippen MR) is 104 cm³/mol. The second kappa shape index (κ2) is 6.24. The maximum absolute atomic E-state index is 5.60. The van der Waals surface area contributed by atoms with Gasteiger partial charge in [-0.1, -0.05) is 0 Å². The van der Waals surface area contributed by atoms with Crippen LogP contribution in [0.4, 0.5) is 5.82 Å². The summed E-state index contributed by atoms with van der Waals surface area (Å²) in [4.78, 5) is 10.5. The summed E-state index contributed by atoms with van der Waals surface area (Å²) in [6, 6.07) is 8.37. The van der Waals surface area contributed by atoms with Crippen molar-refractivity contribution in [2.75, 3.05) is 24.7 Å².